The summed E-state index contributed by atoms with van der Waals surface area (Å²) in [6.07, 6.45) is 4.85. The molecule has 1 aliphatic heterocycles. The van der Waals surface area contributed by atoms with Gasteiger partial charge in [0, 0.05) is 31.9 Å². The van der Waals surface area contributed by atoms with Gasteiger partial charge in [-0.25, -0.2) is 0 Å². The van der Waals surface area contributed by atoms with Gasteiger partial charge in [0.15, 0.2) is 0 Å². The van der Waals surface area contributed by atoms with Gasteiger partial charge in [-0.05, 0) is 48.9 Å². The summed E-state index contributed by atoms with van der Waals surface area (Å²) in [6, 6.07) is 6.85. The monoisotopic (exact) mass is 246 g/mol. The second-order valence-electron chi connectivity index (χ2n) is 5.46. The Bertz CT molecular complexity index is 419. The minimum Gasteiger partial charge on any atom is -0.390 e. The zero-order valence-corrected chi connectivity index (χ0v) is 10.9. The zero-order chi connectivity index (χ0) is 12.4. The van der Waals surface area contributed by atoms with Crippen LogP contribution in [0, 0.1) is 0 Å². The first-order chi connectivity index (χ1) is 8.83. The second kappa shape index (κ2) is 5.29. The maximum atomic E-state index is 9.86. The van der Waals surface area contributed by atoms with E-state index in [-0.39, 0.29) is 6.10 Å². The number of benzene rings is 1. The van der Waals surface area contributed by atoms with Crippen LogP contribution in [0.3, 0.4) is 0 Å². The summed E-state index contributed by atoms with van der Waals surface area (Å²) in [4.78, 5) is 2.31. The Morgan fingerprint density at radius 3 is 2.89 bits per heavy atom. The third kappa shape index (κ3) is 2.52. The van der Waals surface area contributed by atoms with Crippen molar-refractivity contribution in [3.8, 4) is 0 Å². The van der Waals surface area contributed by atoms with Crippen LogP contribution >= 0.6 is 0 Å². The summed E-state index contributed by atoms with van der Waals surface area (Å²) in [7, 11) is 0. The number of rotatable bonds is 1. The topological polar surface area (TPSA) is 35.5 Å². The lowest BCUT2D eigenvalue weighted by Gasteiger charge is -2.26. The van der Waals surface area contributed by atoms with Crippen LogP contribution < -0.4 is 10.2 Å². The summed E-state index contributed by atoms with van der Waals surface area (Å²) in [6.45, 7) is 3.39. The average Bonchev–Trinajstić information content (AvgIpc) is 2.63. The van der Waals surface area contributed by atoms with Crippen molar-refractivity contribution in [3.63, 3.8) is 0 Å². The van der Waals surface area contributed by atoms with Crippen molar-refractivity contribution in [2.45, 2.75) is 31.8 Å². The van der Waals surface area contributed by atoms with Gasteiger partial charge in [0.2, 0.25) is 0 Å². The van der Waals surface area contributed by atoms with Crippen molar-refractivity contribution >= 4 is 5.69 Å². The average molecular weight is 246 g/mol. The fourth-order valence-electron chi connectivity index (χ4n) is 3.04. The Morgan fingerprint density at radius 2 is 2.00 bits per heavy atom. The zero-order valence-electron chi connectivity index (χ0n) is 10.9. The number of aliphatic hydroxyl groups is 1. The lowest BCUT2D eigenvalue weighted by molar-refractivity contribution is 0.185. The van der Waals surface area contributed by atoms with E-state index >= 15 is 0 Å². The summed E-state index contributed by atoms with van der Waals surface area (Å²) in [5.41, 5.74) is 4.32. The molecule has 3 rings (SSSR count). The number of anilines is 1. The van der Waals surface area contributed by atoms with Gasteiger partial charge in [0.1, 0.15) is 0 Å². The van der Waals surface area contributed by atoms with Gasteiger partial charge in [-0.1, -0.05) is 6.07 Å². The molecule has 1 aliphatic carbocycles. The summed E-state index contributed by atoms with van der Waals surface area (Å²) < 4.78 is 0. The maximum Gasteiger partial charge on any atom is 0.0839 e. The Balaban J connectivity index is 1.82. The molecule has 2 N–H and O–H groups in total. The third-order valence-electron chi connectivity index (χ3n) is 4.07. The number of nitrogens with one attached hydrogen (secondary N) is 1. The molecule has 1 atom stereocenters. The van der Waals surface area contributed by atoms with E-state index in [9.17, 15) is 5.11 Å². The van der Waals surface area contributed by atoms with Crippen LogP contribution in [-0.4, -0.2) is 37.4 Å². The second-order valence-corrected chi connectivity index (χ2v) is 5.46. The molecule has 98 valence electrons. The predicted molar refractivity (Wildman–Crippen MR) is 74.2 cm³/mol. The Hall–Kier alpha value is -1.06. The molecule has 1 heterocycles. The number of aryl methyl sites for hydroxylation is 2. The molecule has 0 radical (unpaired) electrons. The first kappa shape index (κ1) is 12.0. The molecule has 0 spiro atoms. The predicted octanol–water partition coefficient (Wildman–Crippen LogP) is 1.34. The van der Waals surface area contributed by atoms with E-state index in [1.54, 1.807) is 0 Å². The minimum atomic E-state index is -0.261. The van der Waals surface area contributed by atoms with Crippen LogP contribution in [0.1, 0.15) is 24.0 Å². The van der Waals surface area contributed by atoms with E-state index < -0.39 is 0 Å². The summed E-state index contributed by atoms with van der Waals surface area (Å²) in [5.74, 6) is 0. The number of hydrogen-bond acceptors (Lipinski definition) is 3. The highest BCUT2D eigenvalue weighted by Gasteiger charge is 2.17. The molecule has 0 aromatic heterocycles. The van der Waals surface area contributed by atoms with Crippen LogP contribution in [0.2, 0.25) is 0 Å². The molecule has 0 amide bonds. The Labute approximate surface area is 109 Å². The van der Waals surface area contributed by atoms with Crippen molar-refractivity contribution < 1.29 is 5.11 Å². The quantitative estimate of drug-likeness (QED) is 0.785. The van der Waals surface area contributed by atoms with Gasteiger partial charge in [-0.15, -0.1) is 0 Å². The molecule has 1 saturated heterocycles. The lowest BCUT2D eigenvalue weighted by atomic mass is 9.91. The van der Waals surface area contributed by atoms with E-state index in [1.807, 2.05) is 0 Å². The largest absolute Gasteiger partial charge is 0.390 e. The summed E-state index contributed by atoms with van der Waals surface area (Å²) >= 11 is 0. The molecule has 1 aromatic rings. The molecule has 2 aliphatic rings. The van der Waals surface area contributed by atoms with Gasteiger partial charge in [-0.3, -0.25) is 0 Å². The van der Waals surface area contributed by atoms with Gasteiger partial charge < -0.3 is 15.3 Å². The molecule has 3 heteroatoms. The fraction of sp³-hybridized carbons (Fsp3) is 0.600. The van der Waals surface area contributed by atoms with E-state index in [0.29, 0.717) is 6.54 Å². The normalized spacial score (nSPS) is 24.5. The Kier molecular flexibility index (Phi) is 3.52. The molecule has 3 nitrogen and oxygen atoms in total. The number of aliphatic hydroxyl groups excluding tert-OH is 1. The standard InChI is InChI=1S/C15H22N2O/c18-15-10-16-7-8-17(11-15)14-6-5-12-3-1-2-4-13(12)9-14/h5-6,9,15-16,18H,1-4,7-8,10-11H2/t15-/m1/s1. The molecule has 18 heavy (non-hydrogen) atoms. The number of nitrogens with zero attached hydrogens (tertiary/aromatic N) is 1. The molecule has 1 aromatic carbocycles. The fourth-order valence-corrected chi connectivity index (χ4v) is 3.04. The number of fused-ring (bicyclic) bond motifs is 1. The van der Waals surface area contributed by atoms with Crippen LogP contribution in [0.25, 0.3) is 0 Å². The van der Waals surface area contributed by atoms with E-state index in [4.69, 9.17) is 0 Å². The smallest absolute Gasteiger partial charge is 0.0839 e. The van der Waals surface area contributed by atoms with E-state index in [0.717, 1.165) is 19.6 Å². The lowest BCUT2D eigenvalue weighted by Crippen LogP contribution is -2.32. The third-order valence-corrected chi connectivity index (χ3v) is 4.07. The van der Waals surface area contributed by atoms with Gasteiger partial charge in [-0.2, -0.15) is 0 Å². The van der Waals surface area contributed by atoms with Crippen LogP contribution in [-0.2, 0) is 12.8 Å². The minimum absolute atomic E-state index is 0.261. The van der Waals surface area contributed by atoms with Crippen LogP contribution in [0.15, 0.2) is 18.2 Å². The maximum absolute atomic E-state index is 9.86. The first-order valence-corrected chi connectivity index (χ1v) is 7.08. The molecule has 0 unspecified atom stereocenters. The highest BCUT2D eigenvalue weighted by molar-refractivity contribution is 5.52. The first-order valence-electron chi connectivity index (χ1n) is 7.08. The van der Waals surface area contributed by atoms with E-state index in [1.165, 1.54) is 42.5 Å². The Morgan fingerprint density at radius 1 is 1.17 bits per heavy atom. The number of hydrogen-bond donors (Lipinski definition) is 2. The van der Waals surface area contributed by atoms with Crippen molar-refractivity contribution in [2.24, 2.45) is 0 Å². The van der Waals surface area contributed by atoms with Crippen molar-refractivity contribution in [1.82, 2.24) is 5.32 Å². The highest BCUT2D eigenvalue weighted by Crippen LogP contribution is 2.26. The van der Waals surface area contributed by atoms with Gasteiger partial charge in [0.25, 0.3) is 0 Å². The van der Waals surface area contributed by atoms with Crippen molar-refractivity contribution in [3.05, 3.63) is 29.3 Å². The SMILES string of the molecule is O[C@@H]1CNCCN(c2ccc3c(c2)CCCC3)C1. The molecule has 0 saturated carbocycles. The molecule has 0 bridgehead atoms. The highest BCUT2D eigenvalue weighted by atomic mass is 16.3. The molecular formula is C15H22N2O. The number of β-amino-alcohol motifs (C(OH)–C–C–N with tert-alkyl or cyclic N) is 1. The van der Waals surface area contributed by atoms with Gasteiger partial charge in [0.05, 0.1) is 6.10 Å². The van der Waals surface area contributed by atoms with Crippen LogP contribution in [0.4, 0.5) is 5.69 Å². The van der Waals surface area contributed by atoms with Crippen molar-refractivity contribution in [1.29, 1.82) is 0 Å². The summed E-state index contributed by atoms with van der Waals surface area (Å²) in [5, 5.41) is 13.1. The van der Waals surface area contributed by atoms with E-state index in [2.05, 4.69) is 28.4 Å². The van der Waals surface area contributed by atoms with Gasteiger partial charge >= 0.3 is 0 Å². The molecule has 1 fully saturated rings. The van der Waals surface area contributed by atoms with Crippen molar-refractivity contribution in [2.75, 3.05) is 31.1 Å². The molecular weight excluding hydrogens is 224 g/mol. The van der Waals surface area contributed by atoms with Crippen LogP contribution in [0.5, 0.6) is 0 Å².